The van der Waals surface area contributed by atoms with Gasteiger partial charge in [-0.2, -0.15) is 10.1 Å². The molecule has 7 heteroatoms. The summed E-state index contributed by atoms with van der Waals surface area (Å²) in [4.78, 5) is 14.1. The van der Waals surface area contributed by atoms with Crippen LogP contribution in [-0.2, 0) is 4.84 Å². The van der Waals surface area contributed by atoms with Gasteiger partial charge in [-0.1, -0.05) is 12.1 Å². The number of aliphatic imine (C=N–C) groups is 2. The first-order chi connectivity index (χ1) is 11.4. The third-order valence-corrected chi connectivity index (χ3v) is 4.46. The molecule has 0 spiro atoms. The molecule has 1 aliphatic carbocycles. The average Bonchev–Trinajstić information content (AvgIpc) is 3.31. The number of benzene rings is 1. The van der Waals surface area contributed by atoms with Crippen LogP contribution in [0.1, 0.15) is 44.6 Å². The molecule has 0 saturated heterocycles. The normalized spacial score (nSPS) is 21.2. The van der Waals surface area contributed by atoms with Gasteiger partial charge < -0.3 is 11.5 Å². The molecule has 1 heterocycles. The summed E-state index contributed by atoms with van der Waals surface area (Å²) >= 11 is 0. The summed E-state index contributed by atoms with van der Waals surface area (Å²) in [6.45, 7) is 4.20. The number of guanidine groups is 2. The Labute approximate surface area is 141 Å². The fraction of sp³-hybridized carbons (Fsp3) is 0.529. The number of hydrogen-bond donors (Lipinski definition) is 2. The first-order valence-electron chi connectivity index (χ1n) is 8.25. The first kappa shape index (κ1) is 16.7. The molecule has 1 unspecified atom stereocenters. The molecule has 1 saturated carbocycles. The van der Waals surface area contributed by atoms with Crippen LogP contribution in [0, 0.1) is 11.7 Å². The van der Waals surface area contributed by atoms with E-state index >= 15 is 0 Å². The Morgan fingerprint density at radius 3 is 2.54 bits per heavy atom. The van der Waals surface area contributed by atoms with Gasteiger partial charge in [0.05, 0.1) is 6.61 Å². The highest BCUT2D eigenvalue weighted by Crippen LogP contribution is 2.44. The Balaban J connectivity index is 1.62. The highest BCUT2D eigenvalue weighted by Gasteiger charge is 2.35. The highest BCUT2D eigenvalue weighted by atomic mass is 19.1. The Hall–Kier alpha value is -2.15. The van der Waals surface area contributed by atoms with Crippen molar-refractivity contribution in [2.45, 2.75) is 44.7 Å². The van der Waals surface area contributed by atoms with Gasteiger partial charge in [-0.25, -0.2) is 9.38 Å². The van der Waals surface area contributed by atoms with E-state index in [0.717, 1.165) is 12.0 Å². The van der Waals surface area contributed by atoms with Gasteiger partial charge in [-0.3, -0.25) is 4.84 Å². The summed E-state index contributed by atoms with van der Waals surface area (Å²) in [7, 11) is 0. The van der Waals surface area contributed by atoms with Crippen LogP contribution in [-0.4, -0.2) is 29.3 Å². The first-order valence-corrected chi connectivity index (χ1v) is 8.25. The SMILES string of the molecule is CC1(C)N=C(N)N=C(N)N1OCCC(c1ccc(F)cc1)C1CC1. The zero-order valence-electron chi connectivity index (χ0n) is 14.1. The number of hydrogen-bond acceptors (Lipinski definition) is 6. The van der Waals surface area contributed by atoms with Crippen LogP contribution in [0.15, 0.2) is 34.3 Å². The number of nitrogens with two attached hydrogens (primary N) is 2. The number of halogens is 1. The van der Waals surface area contributed by atoms with Crippen molar-refractivity contribution in [2.24, 2.45) is 27.4 Å². The summed E-state index contributed by atoms with van der Waals surface area (Å²) in [5.41, 5.74) is 12.0. The van der Waals surface area contributed by atoms with Crippen molar-refractivity contribution in [3.05, 3.63) is 35.6 Å². The molecule has 1 aromatic rings. The van der Waals surface area contributed by atoms with E-state index in [2.05, 4.69) is 9.98 Å². The molecule has 1 aliphatic heterocycles. The Morgan fingerprint density at radius 1 is 1.29 bits per heavy atom. The van der Waals surface area contributed by atoms with Gasteiger partial charge in [0.15, 0.2) is 5.66 Å². The minimum atomic E-state index is -0.694. The summed E-state index contributed by atoms with van der Waals surface area (Å²) < 4.78 is 13.1. The molecule has 130 valence electrons. The molecule has 1 aromatic carbocycles. The van der Waals surface area contributed by atoms with Gasteiger partial charge in [-0.05, 0) is 62.6 Å². The lowest BCUT2D eigenvalue weighted by atomic mass is 9.91. The van der Waals surface area contributed by atoms with E-state index < -0.39 is 5.66 Å². The van der Waals surface area contributed by atoms with E-state index in [1.54, 1.807) is 0 Å². The van der Waals surface area contributed by atoms with Crippen molar-refractivity contribution in [1.82, 2.24) is 5.06 Å². The van der Waals surface area contributed by atoms with Gasteiger partial charge in [0.1, 0.15) is 5.82 Å². The standard InChI is InChI=1S/C17H24FN5O/c1-17(2)22-15(19)21-16(20)23(17)24-10-9-14(11-3-4-11)12-5-7-13(18)8-6-12/h5-8,11,14H,3-4,9-10H2,1-2H3,(H4,19,20,21,22). The predicted molar refractivity (Wildman–Crippen MR) is 91.6 cm³/mol. The third-order valence-electron chi connectivity index (χ3n) is 4.46. The lowest BCUT2D eigenvalue weighted by molar-refractivity contribution is -0.158. The largest absolute Gasteiger partial charge is 0.368 e. The second-order valence-electron chi connectivity index (χ2n) is 6.85. The van der Waals surface area contributed by atoms with E-state index in [1.807, 2.05) is 26.0 Å². The molecule has 4 N–H and O–H groups in total. The minimum absolute atomic E-state index is 0.152. The topological polar surface area (TPSA) is 89.2 Å². The lowest BCUT2D eigenvalue weighted by Gasteiger charge is -2.37. The van der Waals surface area contributed by atoms with E-state index in [-0.39, 0.29) is 17.7 Å². The van der Waals surface area contributed by atoms with Crippen LogP contribution in [0.4, 0.5) is 4.39 Å². The van der Waals surface area contributed by atoms with Gasteiger partial charge >= 0.3 is 0 Å². The number of nitrogens with zero attached hydrogens (tertiary/aromatic N) is 3. The predicted octanol–water partition coefficient (Wildman–Crippen LogP) is 2.32. The Morgan fingerprint density at radius 2 is 1.96 bits per heavy atom. The fourth-order valence-corrected chi connectivity index (χ4v) is 3.17. The van der Waals surface area contributed by atoms with Gasteiger partial charge in [0.25, 0.3) is 0 Å². The number of hydroxylamine groups is 2. The van der Waals surface area contributed by atoms with Gasteiger partial charge in [0, 0.05) is 0 Å². The maximum Gasteiger partial charge on any atom is 0.226 e. The van der Waals surface area contributed by atoms with Crippen LogP contribution in [0.25, 0.3) is 0 Å². The van der Waals surface area contributed by atoms with Gasteiger partial charge in [0.2, 0.25) is 11.9 Å². The molecule has 0 radical (unpaired) electrons. The molecule has 3 rings (SSSR count). The van der Waals surface area contributed by atoms with Crippen LogP contribution in [0.3, 0.4) is 0 Å². The highest BCUT2D eigenvalue weighted by molar-refractivity contribution is 5.95. The van der Waals surface area contributed by atoms with Crippen molar-refractivity contribution in [1.29, 1.82) is 0 Å². The van der Waals surface area contributed by atoms with E-state index in [9.17, 15) is 4.39 Å². The zero-order chi connectivity index (χ0) is 17.3. The summed E-state index contributed by atoms with van der Waals surface area (Å²) in [6, 6.07) is 6.76. The minimum Gasteiger partial charge on any atom is -0.368 e. The number of rotatable bonds is 6. The summed E-state index contributed by atoms with van der Waals surface area (Å²) in [6.07, 6.45) is 3.25. The monoisotopic (exact) mass is 333 g/mol. The van der Waals surface area contributed by atoms with Crippen molar-refractivity contribution in [3.8, 4) is 0 Å². The third kappa shape index (κ3) is 3.67. The molecule has 24 heavy (non-hydrogen) atoms. The average molecular weight is 333 g/mol. The summed E-state index contributed by atoms with van der Waals surface area (Å²) in [5.74, 6) is 1.16. The molecule has 0 amide bonds. The van der Waals surface area contributed by atoms with Gasteiger partial charge in [-0.15, -0.1) is 0 Å². The molecule has 6 nitrogen and oxygen atoms in total. The van der Waals surface area contributed by atoms with E-state index in [4.69, 9.17) is 16.3 Å². The second kappa shape index (κ2) is 6.39. The molecule has 1 atom stereocenters. The van der Waals surface area contributed by atoms with E-state index in [1.165, 1.54) is 30.0 Å². The maximum atomic E-state index is 13.1. The molecule has 0 aromatic heterocycles. The van der Waals surface area contributed by atoms with Crippen LogP contribution in [0.2, 0.25) is 0 Å². The summed E-state index contributed by atoms with van der Waals surface area (Å²) in [5, 5.41) is 1.50. The van der Waals surface area contributed by atoms with Crippen molar-refractivity contribution < 1.29 is 9.23 Å². The fourth-order valence-electron chi connectivity index (χ4n) is 3.17. The van der Waals surface area contributed by atoms with Crippen molar-refractivity contribution in [2.75, 3.05) is 6.61 Å². The molecule has 0 bridgehead atoms. The van der Waals surface area contributed by atoms with Crippen molar-refractivity contribution in [3.63, 3.8) is 0 Å². The Bertz CT molecular complexity index is 651. The quantitative estimate of drug-likeness (QED) is 0.836. The lowest BCUT2D eigenvalue weighted by Crippen LogP contribution is -2.53. The second-order valence-corrected chi connectivity index (χ2v) is 6.85. The van der Waals surface area contributed by atoms with Crippen LogP contribution >= 0.6 is 0 Å². The molecule has 2 aliphatic rings. The van der Waals surface area contributed by atoms with E-state index in [0.29, 0.717) is 18.4 Å². The van der Waals surface area contributed by atoms with Crippen LogP contribution in [0.5, 0.6) is 0 Å². The molecular weight excluding hydrogens is 309 g/mol. The van der Waals surface area contributed by atoms with Crippen LogP contribution < -0.4 is 11.5 Å². The maximum absolute atomic E-state index is 13.1. The van der Waals surface area contributed by atoms with Crippen molar-refractivity contribution >= 4 is 11.9 Å². The Kier molecular flexibility index (Phi) is 4.45. The molecule has 1 fully saturated rings. The zero-order valence-corrected chi connectivity index (χ0v) is 14.1. The smallest absolute Gasteiger partial charge is 0.226 e. The molecular formula is C17H24FN5O.